The molecule has 1 aromatic heterocycles. The summed E-state index contributed by atoms with van der Waals surface area (Å²) in [5, 5.41) is 1.09. The smallest absolute Gasteiger partial charge is 0.306 e. The molecule has 2 aromatic carbocycles. The van der Waals surface area contributed by atoms with Crippen molar-refractivity contribution >= 4 is 39.1 Å². The zero-order valence-corrected chi connectivity index (χ0v) is 16.4. The van der Waals surface area contributed by atoms with Gasteiger partial charge in [-0.3, -0.25) is 9.59 Å². The number of amides is 1. The number of aryl methyl sites for hydroxylation is 1. The molecule has 0 aliphatic carbocycles. The minimum Gasteiger partial charge on any atom is -0.456 e. The fourth-order valence-corrected chi connectivity index (χ4v) is 4.47. The van der Waals surface area contributed by atoms with Crippen molar-refractivity contribution in [3.8, 4) is 0 Å². The van der Waals surface area contributed by atoms with Crippen molar-refractivity contribution in [3.05, 3.63) is 59.1 Å². The van der Waals surface area contributed by atoms with Crippen molar-refractivity contribution in [2.75, 3.05) is 18.1 Å². The first kappa shape index (κ1) is 18.6. The molecular formula is C22H22N2O3S. The summed E-state index contributed by atoms with van der Waals surface area (Å²) in [6, 6.07) is 15.9. The van der Waals surface area contributed by atoms with Crippen LogP contribution in [0.15, 0.2) is 48.5 Å². The number of fused-ring (bicyclic) bond motifs is 2. The van der Waals surface area contributed by atoms with Crippen LogP contribution in [0.5, 0.6) is 0 Å². The van der Waals surface area contributed by atoms with Crippen molar-refractivity contribution < 1.29 is 14.3 Å². The zero-order valence-electron chi connectivity index (χ0n) is 15.6. The molecule has 0 bridgehead atoms. The molecule has 1 aliphatic heterocycles. The van der Waals surface area contributed by atoms with E-state index in [9.17, 15) is 9.59 Å². The molecule has 4 rings (SSSR count). The Morgan fingerprint density at radius 2 is 1.89 bits per heavy atom. The number of carbonyl (C=O) groups excluding carboxylic acids is 2. The molecular weight excluding hydrogens is 372 g/mol. The number of nitrogens with zero attached hydrogens (tertiary/aromatic N) is 2. The van der Waals surface area contributed by atoms with Gasteiger partial charge in [0.1, 0.15) is 0 Å². The van der Waals surface area contributed by atoms with Gasteiger partial charge in [-0.15, -0.1) is 11.3 Å². The molecule has 0 unspecified atom stereocenters. The summed E-state index contributed by atoms with van der Waals surface area (Å²) in [5.41, 5.74) is 3.13. The lowest BCUT2D eigenvalue weighted by atomic mass is 10.2. The predicted molar refractivity (Wildman–Crippen MR) is 111 cm³/mol. The van der Waals surface area contributed by atoms with Crippen LogP contribution in [0, 0.1) is 0 Å². The number of anilines is 1. The number of para-hydroxylation sites is 2. The predicted octanol–water partition coefficient (Wildman–Crippen LogP) is 4.14. The molecule has 0 radical (unpaired) electrons. The second-order valence-electron chi connectivity index (χ2n) is 6.87. The Morgan fingerprint density at radius 1 is 1.07 bits per heavy atom. The van der Waals surface area contributed by atoms with E-state index in [-0.39, 0.29) is 18.5 Å². The highest BCUT2D eigenvalue weighted by atomic mass is 32.1. The van der Waals surface area contributed by atoms with Gasteiger partial charge in [-0.1, -0.05) is 30.3 Å². The Hall–Kier alpha value is -2.73. The van der Waals surface area contributed by atoms with Gasteiger partial charge in [-0.05, 0) is 49.4 Å². The third kappa shape index (κ3) is 4.22. The third-order valence-corrected chi connectivity index (χ3v) is 6.00. The molecule has 2 heterocycles. The van der Waals surface area contributed by atoms with Gasteiger partial charge in [0, 0.05) is 18.7 Å². The topological polar surface area (TPSA) is 59.5 Å². The standard InChI is InChI=1S/C22H22N2O3S/c25-21(24-14-13-16-7-1-3-9-18(16)24)15-27-22(26)12-6-5-11-20-23-17-8-2-4-10-19(17)28-20/h1-4,7-10H,5-6,11-15H2. The molecule has 144 valence electrons. The first-order valence-corrected chi connectivity index (χ1v) is 10.4. The van der Waals surface area contributed by atoms with Gasteiger partial charge in [0.05, 0.1) is 15.2 Å². The zero-order chi connectivity index (χ0) is 19.3. The lowest BCUT2D eigenvalue weighted by Gasteiger charge is -2.17. The second kappa shape index (κ2) is 8.52. The maximum atomic E-state index is 12.4. The largest absolute Gasteiger partial charge is 0.456 e. The van der Waals surface area contributed by atoms with Crippen LogP contribution in [-0.4, -0.2) is 30.0 Å². The van der Waals surface area contributed by atoms with E-state index < -0.39 is 0 Å². The van der Waals surface area contributed by atoms with Gasteiger partial charge in [-0.2, -0.15) is 0 Å². The van der Waals surface area contributed by atoms with Gasteiger partial charge in [0.15, 0.2) is 6.61 Å². The first-order valence-electron chi connectivity index (χ1n) is 9.59. The quantitative estimate of drug-likeness (QED) is 0.446. The number of hydrogen-bond donors (Lipinski definition) is 0. The van der Waals surface area contributed by atoms with Crippen molar-refractivity contribution in [2.45, 2.75) is 32.1 Å². The summed E-state index contributed by atoms with van der Waals surface area (Å²) in [6.45, 7) is 0.461. The molecule has 5 nitrogen and oxygen atoms in total. The van der Waals surface area contributed by atoms with Gasteiger partial charge >= 0.3 is 5.97 Å². The molecule has 0 saturated heterocycles. The van der Waals surface area contributed by atoms with Gasteiger partial charge in [0.25, 0.3) is 5.91 Å². The number of rotatable bonds is 7. The summed E-state index contributed by atoms with van der Waals surface area (Å²) in [6.07, 6.45) is 3.64. The maximum Gasteiger partial charge on any atom is 0.306 e. The van der Waals surface area contributed by atoms with E-state index in [0.717, 1.165) is 47.5 Å². The van der Waals surface area contributed by atoms with Crippen LogP contribution in [0.25, 0.3) is 10.2 Å². The molecule has 0 N–H and O–H groups in total. The molecule has 6 heteroatoms. The first-order chi connectivity index (χ1) is 13.7. The number of unbranched alkanes of at least 4 members (excludes halogenated alkanes) is 1. The lowest BCUT2D eigenvalue weighted by molar-refractivity contribution is -0.147. The van der Waals surface area contributed by atoms with Crippen LogP contribution < -0.4 is 4.90 Å². The van der Waals surface area contributed by atoms with Gasteiger partial charge in [-0.25, -0.2) is 4.98 Å². The van der Waals surface area contributed by atoms with Gasteiger partial charge in [0.2, 0.25) is 0 Å². The highest BCUT2D eigenvalue weighted by molar-refractivity contribution is 7.18. The third-order valence-electron chi connectivity index (χ3n) is 4.90. The number of ether oxygens (including phenoxy) is 1. The Balaban J connectivity index is 1.17. The minimum absolute atomic E-state index is 0.159. The number of esters is 1. The number of thiazole rings is 1. The van der Waals surface area contributed by atoms with Crippen LogP contribution in [0.4, 0.5) is 5.69 Å². The number of benzene rings is 2. The van der Waals surface area contributed by atoms with Crippen LogP contribution in [0.1, 0.15) is 29.8 Å². The minimum atomic E-state index is -0.315. The van der Waals surface area contributed by atoms with Gasteiger partial charge < -0.3 is 9.64 Å². The Bertz CT molecular complexity index is 965. The second-order valence-corrected chi connectivity index (χ2v) is 7.98. The number of hydrogen-bond acceptors (Lipinski definition) is 5. The SMILES string of the molecule is O=C(CCCCc1nc2ccccc2s1)OCC(=O)N1CCc2ccccc21. The molecule has 0 fully saturated rings. The average molecular weight is 394 g/mol. The summed E-state index contributed by atoms with van der Waals surface area (Å²) in [7, 11) is 0. The molecule has 0 spiro atoms. The highest BCUT2D eigenvalue weighted by Crippen LogP contribution is 2.27. The monoisotopic (exact) mass is 394 g/mol. The van der Waals surface area contributed by atoms with Crippen LogP contribution in [0.3, 0.4) is 0 Å². The van der Waals surface area contributed by atoms with Crippen molar-refractivity contribution in [1.82, 2.24) is 4.98 Å². The molecule has 3 aromatic rings. The van der Waals surface area contributed by atoms with E-state index in [2.05, 4.69) is 11.1 Å². The molecule has 1 aliphatic rings. The lowest BCUT2D eigenvalue weighted by Crippen LogP contribution is -2.33. The Kier molecular flexibility index (Phi) is 5.67. The Morgan fingerprint density at radius 3 is 2.79 bits per heavy atom. The van der Waals surface area contributed by atoms with Crippen LogP contribution in [-0.2, 0) is 27.2 Å². The van der Waals surface area contributed by atoms with Crippen LogP contribution in [0.2, 0.25) is 0 Å². The van der Waals surface area contributed by atoms with E-state index in [1.54, 1.807) is 16.2 Å². The number of carbonyl (C=O) groups is 2. The van der Waals surface area contributed by atoms with E-state index in [1.807, 2.05) is 42.5 Å². The normalized spacial score (nSPS) is 12.9. The van der Waals surface area contributed by atoms with E-state index in [4.69, 9.17) is 4.74 Å². The van der Waals surface area contributed by atoms with Crippen LogP contribution >= 0.6 is 11.3 Å². The van der Waals surface area contributed by atoms with E-state index >= 15 is 0 Å². The summed E-state index contributed by atoms with van der Waals surface area (Å²) in [4.78, 5) is 30.6. The summed E-state index contributed by atoms with van der Waals surface area (Å²) < 4.78 is 6.38. The van der Waals surface area contributed by atoms with Crippen molar-refractivity contribution in [3.63, 3.8) is 0 Å². The maximum absolute atomic E-state index is 12.4. The van der Waals surface area contributed by atoms with E-state index in [0.29, 0.717) is 13.0 Å². The average Bonchev–Trinajstić information content (AvgIpc) is 3.33. The molecule has 1 amide bonds. The summed E-state index contributed by atoms with van der Waals surface area (Å²) in [5.74, 6) is -0.474. The number of aromatic nitrogens is 1. The van der Waals surface area contributed by atoms with Crippen molar-refractivity contribution in [1.29, 1.82) is 0 Å². The van der Waals surface area contributed by atoms with Crippen molar-refractivity contribution in [2.24, 2.45) is 0 Å². The fraction of sp³-hybridized carbons (Fsp3) is 0.318. The molecule has 0 saturated carbocycles. The fourth-order valence-electron chi connectivity index (χ4n) is 3.46. The Labute approximate surface area is 168 Å². The summed E-state index contributed by atoms with van der Waals surface area (Å²) >= 11 is 1.70. The molecule has 28 heavy (non-hydrogen) atoms. The highest BCUT2D eigenvalue weighted by Gasteiger charge is 2.24. The molecule has 0 atom stereocenters. The van der Waals surface area contributed by atoms with E-state index in [1.165, 1.54) is 4.70 Å².